The molecule has 1 atom stereocenters. The fraction of sp³-hybridized carbons (Fsp3) is 0.391. The van der Waals surface area contributed by atoms with Gasteiger partial charge in [0.15, 0.2) is 0 Å². The third-order valence-corrected chi connectivity index (χ3v) is 5.71. The number of carbonyl (C=O) groups is 1. The van der Waals surface area contributed by atoms with Crippen molar-refractivity contribution in [1.82, 2.24) is 19.8 Å². The molecule has 0 aliphatic carbocycles. The summed E-state index contributed by atoms with van der Waals surface area (Å²) >= 11 is 0. The van der Waals surface area contributed by atoms with Crippen LogP contribution in [0.2, 0.25) is 0 Å². The molecule has 1 aliphatic heterocycles. The summed E-state index contributed by atoms with van der Waals surface area (Å²) in [5, 5.41) is 3.12. The first kappa shape index (κ1) is 18.7. The molecule has 2 aromatic carbocycles. The van der Waals surface area contributed by atoms with Crippen LogP contribution >= 0.6 is 0 Å². The quantitative estimate of drug-likeness (QED) is 0.742. The van der Waals surface area contributed by atoms with E-state index in [2.05, 4.69) is 65.2 Å². The van der Waals surface area contributed by atoms with Crippen LogP contribution in [-0.2, 0) is 24.9 Å². The van der Waals surface area contributed by atoms with E-state index in [0.717, 1.165) is 54.9 Å². The van der Waals surface area contributed by atoms with Crippen LogP contribution in [-0.4, -0.2) is 33.4 Å². The normalized spacial score (nSPS) is 17.7. The molecule has 1 aromatic heterocycles. The number of benzene rings is 2. The van der Waals surface area contributed by atoms with Crippen LogP contribution in [0.25, 0.3) is 11.0 Å². The zero-order chi connectivity index (χ0) is 19.5. The van der Waals surface area contributed by atoms with Gasteiger partial charge in [0.2, 0.25) is 5.91 Å². The summed E-state index contributed by atoms with van der Waals surface area (Å²) in [4.78, 5) is 19.8. The highest BCUT2D eigenvalue weighted by Crippen LogP contribution is 2.21. The summed E-state index contributed by atoms with van der Waals surface area (Å²) in [6, 6.07) is 16.5. The van der Waals surface area contributed by atoms with Crippen LogP contribution in [0.1, 0.15) is 29.8 Å². The molecule has 146 valence electrons. The van der Waals surface area contributed by atoms with Crippen molar-refractivity contribution in [3.05, 3.63) is 65.5 Å². The number of para-hydroxylation sites is 2. The van der Waals surface area contributed by atoms with E-state index in [0.29, 0.717) is 6.54 Å². The van der Waals surface area contributed by atoms with Gasteiger partial charge in [0.25, 0.3) is 0 Å². The molecule has 0 bridgehead atoms. The first-order chi connectivity index (χ1) is 13.6. The molecule has 28 heavy (non-hydrogen) atoms. The molecule has 5 heteroatoms. The van der Waals surface area contributed by atoms with E-state index in [1.165, 1.54) is 5.56 Å². The molecule has 2 heterocycles. The lowest BCUT2D eigenvalue weighted by Crippen LogP contribution is -2.42. The average Bonchev–Trinajstić information content (AvgIpc) is 3.03. The molecule has 5 nitrogen and oxygen atoms in total. The maximum absolute atomic E-state index is 12.7. The number of nitrogens with one attached hydrogen (secondary N) is 1. The van der Waals surface area contributed by atoms with Gasteiger partial charge in [-0.25, -0.2) is 4.98 Å². The van der Waals surface area contributed by atoms with E-state index in [-0.39, 0.29) is 11.8 Å². The van der Waals surface area contributed by atoms with Gasteiger partial charge < -0.3 is 9.88 Å². The molecule has 1 saturated heterocycles. The van der Waals surface area contributed by atoms with Crippen LogP contribution in [0, 0.1) is 12.8 Å². The van der Waals surface area contributed by atoms with Crippen molar-refractivity contribution in [2.75, 3.05) is 13.1 Å². The van der Waals surface area contributed by atoms with E-state index in [4.69, 9.17) is 4.98 Å². The van der Waals surface area contributed by atoms with E-state index < -0.39 is 0 Å². The van der Waals surface area contributed by atoms with E-state index in [9.17, 15) is 4.79 Å². The molecule has 0 spiro atoms. The Bertz CT molecular complexity index is 960. The van der Waals surface area contributed by atoms with Crippen molar-refractivity contribution in [3.8, 4) is 0 Å². The molecular formula is C23H28N4O. The standard InChI is InChI=1S/C23H28N4O/c1-17-9-11-18(12-10-17)14-24-23(28)19-6-5-13-27(15-19)16-22-25-20-7-3-4-8-21(20)26(22)2/h3-4,7-12,19H,5-6,13-16H2,1-2H3,(H,24,28)/t19-/m0/s1. The van der Waals surface area contributed by atoms with Gasteiger partial charge in [-0.15, -0.1) is 0 Å². The van der Waals surface area contributed by atoms with Gasteiger partial charge in [0, 0.05) is 20.1 Å². The average molecular weight is 377 g/mol. The second-order valence-electron chi connectivity index (χ2n) is 7.85. The molecule has 4 rings (SSSR count). The van der Waals surface area contributed by atoms with Crippen LogP contribution in [0.15, 0.2) is 48.5 Å². The predicted octanol–water partition coefficient (Wildman–Crippen LogP) is 3.41. The van der Waals surface area contributed by atoms with Crippen LogP contribution in [0.4, 0.5) is 0 Å². The predicted molar refractivity (Wildman–Crippen MR) is 112 cm³/mol. The number of carbonyl (C=O) groups excluding carboxylic acids is 1. The number of amides is 1. The maximum atomic E-state index is 12.7. The van der Waals surface area contributed by atoms with Gasteiger partial charge in [0.05, 0.1) is 23.5 Å². The van der Waals surface area contributed by atoms with Gasteiger partial charge >= 0.3 is 0 Å². The highest BCUT2D eigenvalue weighted by molar-refractivity contribution is 5.79. The summed E-state index contributed by atoms with van der Waals surface area (Å²) in [6.07, 6.45) is 2.01. The molecule has 0 saturated carbocycles. The van der Waals surface area contributed by atoms with Crippen molar-refractivity contribution >= 4 is 16.9 Å². The lowest BCUT2D eigenvalue weighted by atomic mass is 9.97. The highest BCUT2D eigenvalue weighted by Gasteiger charge is 2.26. The van der Waals surface area contributed by atoms with Crippen molar-refractivity contribution in [1.29, 1.82) is 0 Å². The lowest BCUT2D eigenvalue weighted by molar-refractivity contribution is -0.127. The van der Waals surface area contributed by atoms with Crippen LogP contribution in [0.5, 0.6) is 0 Å². The first-order valence-electron chi connectivity index (χ1n) is 10.1. The van der Waals surface area contributed by atoms with Gasteiger partial charge in [-0.3, -0.25) is 9.69 Å². The molecule has 1 fully saturated rings. The Kier molecular flexibility index (Phi) is 5.44. The fourth-order valence-corrected chi connectivity index (χ4v) is 3.99. The summed E-state index contributed by atoms with van der Waals surface area (Å²) in [6.45, 7) is 5.27. The Hall–Kier alpha value is -2.66. The van der Waals surface area contributed by atoms with Crippen molar-refractivity contribution in [2.45, 2.75) is 32.9 Å². The second kappa shape index (κ2) is 8.15. The molecule has 3 aromatic rings. The molecule has 0 radical (unpaired) electrons. The van der Waals surface area contributed by atoms with Crippen LogP contribution in [0.3, 0.4) is 0 Å². The number of aromatic nitrogens is 2. The number of aryl methyl sites for hydroxylation is 2. The number of fused-ring (bicyclic) bond motifs is 1. The van der Waals surface area contributed by atoms with Gasteiger partial charge in [-0.05, 0) is 44.0 Å². The number of likely N-dealkylation sites (tertiary alicyclic amines) is 1. The maximum Gasteiger partial charge on any atom is 0.224 e. The fourth-order valence-electron chi connectivity index (χ4n) is 3.99. The Balaban J connectivity index is 1.36. The monoisotopic (exact) mass is 376 g/mol. The topological polar surface area (TPSA) is 50.2 Å². The number of hydrogen-bond acceptors (Lipinski definition) is 3. The Morgan fingerprint density at radius 2 is 1.96 bits per heavy atom. The minimum atomic E-state index is 0.0499. The Morgan fingerprint density at radius 3 is 2.75 bits per heavy atom. The van der Waals surface area contributed by atoms with Gasteiger partial charge in [-0.1, -0.05) is 42.0 Å². The van der Waals surface area contributed by atoms with E-state index in [1.807, 2.05) is 12.1 Å². The molecule has 1 N–H and O–H groups in total. The third-order valence-electron chi connectivity index (χ3n) is 5.71. The molecule has 0 unspecified atom stereocenters. The summed E-state index contributed by atoms with van der Waals surface area (Å²) in [7, 11) is 2.07. The molecule has 1 aliphatic rings. The SMILES string of the molecule is Cc1ccc(CNC(=O)[C@H]2CCCN(Cc3nc4ccccc4n3C)C2)cc1. The van der Waals surface area contributed by atoms with Gasteiger partial charge in [0.1, 0.15) is 5.82 Å². The second-order valence-corrected chi connectivity index (χ2v) is 7.85. The minimum absolute atomic E-state index is 0.0499. The van der Waals surface area contributed by atoms with Crippen molar-refractivity contribution in [3.63, 3.8) is 0 Å². The summed E-state index contributed by atoms with van der Waals surface area (Å²) in [5.41, 5.74) is 4.57. The van der Waals surface area contributed by atoms with Crippen LogP contribution < -0.4 is 5.32 Å². The largest absolute Gasteiger partial charge is 0.352 e. The smallest absolute Gasteiger partial charge is 0.224 e. The number of nitrogens with zero attached hydrogens (tertiary/aromatic N) is 3. The number of rotatable bonds is 5. The molecule has 1 amide bonds. The van der Waals surface area contributed by atoms with Crippen molar-refractivity contribution < 1.29 is 4.79 Å². The number of imidazole rings is 1. The Labute approximate surface area is 166 Å². The summed E-state index contributed by atoms with van der Waals surface area (Å²) in [5.74, 6) is 1.27. The lowest BCUT2D eigenvalue weighted by Gasteiger charge is -2.31. The number of piperidine rings is 1. The van der Waals surface area contributed by atoms with E-state index in [1.54, 1.807) is 0 Å². The van der Waals surface area contributed by atoms with E-state index >= 15 is 0 Å². The zero-order valence-electron chi connectivity index (χ0n) is 16.7. The summed E-state index contributed by atoms with van der Waals surface area (Å²) < 4.78 is 2.16. The van der Waals surface area contributed by atoms with Crippen molar-refractivity contribution in [2.24, 2.45) is 13.0 Å². The van der Waals surface area contributed by atoms with Gasteiger partial charge in [-0.2, -0.15) is 0 Å². The molecular weight excluding hydrogens is 348 g/mol. The Morgan fingerprint density at radius 1 is 1.18 bits per heavy atom. The third kappa shape index (κ3) is 4.09. The number of hydrogen-bond donors (Lipinski definition) is 1. The minimum Gasteiger partial charge on any atom is -0.352 e. The first-order valence-corrected chi connectivity index (χ1v) is 10.1. The zero-order valence-corrected chi connectivity index (χ0v) is 16.7. The highest BCUT2D eigenvalue weighted by atomic mass is 16.1.